The van der Waals surface area contributed by atoms with Gasteiger partial charge in [-0.2, -0.15) is 5.10 Å². The van der Waals surface area contributed by atoms with E-state index in [4.69, 9.17) is 5.10 Å². The van der Waals surface area contributed by atoms with Crippen LogP contribution in [0.3, 0.4) is 0 Å². The summed E-state index contributed by atoms with van der Waals surface area (Å²) in [5, 5.41) is 9.70. The van der Waals surface area contributed by atoms with Gasteiger partial charge >= 0.3 is 0 Å². The van der Waals surface area contributed by atoms with Gasteiger partial charge in [0.1, 0.15) is 5.69 Å². The molecule has 0 saturated carbocycles. The highest BCUT2D eigenvalue weighted by Crippen LogP contribution is 2.27. The zero-order valence-corrected chi connectivity index (χ0v) is 16.1. The van der Waals surface area contributed by atoms with E-state index in [0.717, 1.165) is 28.1 Å². The largest absolute Gasteiger partial charge is 0.352 e. The molecular weight excluding hydrogens is 368 g/mol. The molecule has 4 rings (SSSR count). The third-order valence-electron chi connectivity index (χ3n) is 4.37. The summed E-state index contributed by atoms with van der Waals surface area (Å²) < 4.78 is 1.83. The standard InChI is InChI=1S/C22H20N4OS/c27-22(24-12-10-17-8-4-11-23-14-17)19-16-26(15-18-6-2-1-3-7-18)25-21(19)20-9-5-13-28-20/h1-9,11,13-14,16H,10,12,15H2,(H,24,27). The van der Waals surface area contributed by atoms with Gasteiger partial charge in [0.2, 0.25) is 0 Å². The summed E-state index contributed by atoms with van der Waals surface area (Å²) in [6, 6.07) is 18.0. The number of hydrogen-bond donors (Lipinski definition) is 1. The number of aromatic nitrogens is 3. The molecule has 0 spiro atoms. The Balaban J connectivity index is 1.51. The third kappa shape index (κ3) is 4.35. The number of amides is 1. The number of benzene rings is 1. The Bertz CT molecular complexity index is 1030. The molecule has 0 aliphatic rings. The van der Waals surface area contributed by atoms with Gasteiger partial charge in [0.05, 0.1) is 17.0 Å². The number of carbonyl (C=O) groups excluding carboxylic acids is 1. The van der Waals surface area contributed by atoms with Crippen LogP contribution in [0.2, 0.25) is 0 Å². The SMILES string of the molecule is O=C(NCCc1cccnc1)c1cn(Cc2ccccc2)nc1-c1cccs1. The minimum absolute atomic E-state index is 0.105. The second kappa shape index (κ2) is 8.63. The van der Waals surface area contributed by atoms with E-state index in [0.29, 0.717) is 18.7 Å². The molecule has 6 heteroatoms. The maximum absolute atomic E-state index is 12.8. The van der Waals surface area contributed by atoms with E-state index in [-0.39, 0.29) is 5.91 Å². The van der Waals surface area contributed by atoms with E-state index in [9.17, 15) is 4.79 Å². The van der Waals surface area contributed by atoms with Crippen LogP contribution in [0.25, 0.3) is 10.6 Å². The number of thiophene rings is 1. The van der Waals surface area contributed by atoms with Gasteiger partial charge in [-0.3, -0.25) is 14.5 Å². The van der Waals surface area contributed by atoms with Gasteiger partial charge in [-0.25, -0.2) is 0 Å². The Morgan fingerprint density at radius 2 is 1.89 bits per heavy atom. The molecule has 1 aromatic carbocycles. The molecule has 0 aliphatic carbocycles. The van der Waals surface area contributed by atoms with Crippen LogP contribution >= 0.6 is 11.3 Å². The van der Waals surface area contributed by atoms with Crippen LogP contribution in [0.15, 0.2) is 78.6 Å². The van der Waals surface area contributed by atoms with Crippen molar-refractivity contribution in [1.82, 2.24) is 20.1 Å². The van der Waals surface area contributed by atoms with Crippen LogP contribution in [0.5, 0.6) is 0 Å². The first-order valence-electron chi connectivity index (χ1n) is 9.12. The van der Waals surface area contributed by atoms with Crippen molar-refractivity contribution < 1.29 is 4.79 Å². The quantitative estimate of drug-likeness (QED) is 0.520. The van der Waals surface area contributed by atoms with Crippen molar-refractivity contribution >= 4 is 17.2 Å². The number of rotatable bonds is 7. The van der Waals surface area contributed by atoms with Gasteiger partial charge in [-0.15, -0.1) is 11.3 Å². The topological polar surface area (TPSA) is 59.8 Å². The molecule has 5 nitrogen and oxygen atoms in total. The van der Waals surface area contributed by atoms with Gasteiger partial charge in [0.25, 0.3) is 5.91 Å². The Morgan fingerprint density at radius 1 is 1.04 bits per heavy atom. The van der Waals surface area contributed by atoms with Crippen LogP contribution in [0, 0.1) is 0 Å². The van der Waals surface area contributed by atoms with Crippen molar-refractivity contribution in [2.45, 2.75) is 13.0 Å². The van der Waals surface area contributed by atoms with Crippen LogP contribution in [-0.4, -0.2) is 27.2 Å². The second-order valence-electron chi connectivity index (χ2n) is 6.42. The van der Waals surface area contributed by atoms with Gasteiger partial charge in [0, 0.05) is 25.1 Å². The first kappa shape index (κ1) is 18.1. The highest BCUT2D eigenvalue weighted by atomic mass is 32.1. The van der Waals surface area contributed by atoms with Crippen molar-refractivity contribution in [3.63, 3.8) is 0 Å². The van der Waals surface area contributed by atoms with Crippen molar-refractivity contribution in [3.05, 3.63) is 95.3 Å². The molecule has 140 valence electrons. The number of nitrogens with zero attached hydrogens (tertiary/aromatic N) is 3. The minimum Gasteiger partial charge on any atom is -0.352 e. The lowest BCUT2D eigenvalue weighted by atomic mass is 10.2. The third-order valence-corrected chi connectivity index (χ3v) is 5.25. The average Bonchev–Trinajstić information content (AvgIpc) is 3.39. The zero-order chi connectivity index (χ0) is 19.2. The Labute approximate surface area is 167 Å². The predicted octanol–water partition coefficient (Wildman–Crippen LogP) is 4.03. The van der Waals surface area contributed by atoms with Gasteiger partial charge in [-0.05, 0) is 35.1 Å². The molecule has 3 aromatic heterocycles. The van der Waals surface area contributed by atoms with E-state index in [1.807, 2.05) is 64.9 Å². The molecule has 28 heavy (non-hydrogen) atoms. The van der Waals surface area contributed by atoms with E-state index < -0.39 is 0 Å². The highest BCUT2D eigenvalue weighted by Gasteiger charge is 2.18. The molecule has 0 fully saturated rings. The first-order valence-corrected chi connectivity index (χ1v) is 10.00. The number of carbonyl (C=O) groups is 1. The Hall–Kier alpha value is -3.25. The van der Waals surface area contributed by atoms with Crippen molar-refractivity contribution in [1.29, 1.82) is 0 Å². The molecule has 0 unspecified atom stereocenters. The smallest absolute Gasteiger partial charge is 0.255 e. The summed E-state index contributed by atoms with van der Waals surface area (Å²) in [5.41, 5.74) is 3.57. The summed E-state index contributed by atoms with van der Waals surface area (Å²) in [6.07, 6.45) is 6.14. The maximum atomic E-state index is 12.8. The van der Waals surface area contributed by atoms with Gasteiger partial charge < -0.3 is 5.32 Å². The van der Waals surface area contributed by atoms with Crippen LogP contribution in [0.1, 0.15) is 21.5 Å². The van der Waals surface area contributed by atoms with Crippen molar-refractivity contribution in [2.75, 3.05) is 6.54 Å². The fourth-order valence-electron chi connectivity index (χ4n) is 3.00. The molecule has 0 saturated heterocycles. The zero-order valence-electron chi connectivity index (χ0n) is 15.3. The van der Waals surface area contributed by atoms with Gasteiger partial charge in [-0.1, -0.05) is 42.5 Å². The number of hydrogen-bond acceptors (Lipinski definition) is 4. The van der Waals surface area contributed by atoms with Crippen LogP contribution in [0.4, 0.5) is 0 Å². The van der Waals surface area contributed by atoms with E-state index >= 15 is 0 Å². The average molecular weight is 388 g/mol. The number of nitrogens with one attached hydrogen (secondary N) is 1. The lowest BCUT2D eigenvalue weighted by Crippen LogP contribution is -2.25. The molecule has 3 heterocycles. The second-order valence-corrected chi connectivity index (χ2v) is 7.37. The monoisotopic (exact) mass is 388 g/mol. The Morgan fingerprint density at radius 3 is 2.64 bits per heavy atom. The lowest BCUT2D eigenvalue weighted by molar-refractivity contribution is 0.0954. The molecule has 1 N–H and O–H groups in total. The molecule has 0 radical (unpaired) electrons. The molecule has 0 atom stereocenters. The summed E-state index contributed by atoms with van der Waals surface area (Å²) in [7, 11) is 0. The fourth-order valence-corrected chi connectivity index (χ4v) is 3.72. The minimum atomic E-state index is -0.105. The molecule has 4 aromatic rings. The van der Waals surface area contributed by atoms with Crippen molar-refractivity contribution in [3.8, 4) is 10.6 Å². The normalized spacial score (nSPS) is 10.7. The lowest BCUT2D eigenvalue weighted by Gasteiger charge is -2.04. The Kier molecular flexibility index (Phi) is 5.58. The fraction of sp³-hybridized carbons (Fsp3) is 0.136. The predicted molar refractivity (Wildman–Crippen MR) is 111 cm³/mol. The number of pyridine rings is 1. The first-order chi connectivity index (χ1) is 13.8. The molecule has 1 amide bonds. The van der Waals surface area contributed by atoms with E-state index in [1.54, 1.807) is 17.5 Å². The molecule has 0 bridgehead atoms. The van der Waals surface area contributed by atoms with E-state index in [1.165, 1.54) is 0 Å². The van der Waals surface area contributed by atoms with Crippen LogP contribution in [-0.2, 0) is 13.0 Å². The summed E-state index contributed by atoms with van der Waals surface area (Å²) in [4.78, 5) is 17.9. The maximum Gasteiger partial charge on any atom is 0.255 e. The molecule has 0 aliphatic heterocycles. The summed E-state index contributed by atoms with van der Waals surface area (Å²) in [6.45, 7) is 1.18. The molecular formula is C22H20N4OS. The van der Waals surface area contributed by atoms with E-state index in [2.05, 4.69) is 22.4 Å². The van der Waals surface area contributed by atoms with Gasteiger partial charge in [0.15, 0.2) is 0 Å². The summed E-state index contributed by atoms with van der Waals surface area (Å²) >= 11 is 1.58. The van der Waals surface area contributed by atoms with Crippen molar-refractivity contribution in [2.24, 2.45) is 0 Å². The van der Waals surface area contributed by atoms with Crippen LogP contribution < -0.4 is 5.32 Å². The summed E-state index contributed by atoms with van der Waals surface area (Å²) in [5.74, 6) is -0.105. The highest BCUT2D eigenvalue weighted by molar-refractivity contribution is 7.13.